The monoisotopic (exact) mass is 268 g/mol. The van der Waals surface area contributed by atoms with E-state index < -0.39 is 16.6 Å². The van der Waals surface area contributed by atoms with E-state index in [0.29, 0.717) is 19.3 Å². The second kappa shape index (κ2) is 7.21. The maximum absolute atomic E-state index is 13.7. The van der Waals surface area contributed by atoms with Crippen LogP contribution in [0, 0.1) is 0 Å². The van der Waals surface area contributed by atoms with Gasteiger partial charge in [-0.15, -0.1) is 0 Å². The van der Waals surface area contributed by atoms with Crippen molar-refractivity contribution in [2.45, 2.75) is 70.3 Å². The number of aliphatic hydroxyl groups excluding tert-OH is 1. The van der Waals surface area contributed by atoms with Crippen molar-refractivity contribution in [2.75, 3.05) is 0 Å². The van der Waals surface area contributed by atoms with Crippen LogP contribution in [-0.4, -0.2) is 26.8 Å². The number of unbranched alkanes of at least 4 members (excludes halogenated alkanes) is 3. The fourth-order valence-corrected chi connectivity index (χ4v) is 1.96. The summed E-state index contributed by atoms with van der Waals surface area (Å²) in [6.07, 6.45) is 3.30. The summed E-state index contributed by atoms with van der Waals surface area (Å²) in [5.41, 5.74) is -2.20. The van der Waals surface area contributed by atoms with Gasteiger partial charge in [0.25, 0.3) is 0 Å². The van der Waals surface area contributed by atoms with Gasteiger partial charge in [0, 0.05) is 0 Å². The molecule has 0 fully saturated rings. The van der Waals surface area contributed by atoms with E-state index in [4.69, 9.17) is 5.11 Å². The Kier molecular flexibility index (Phi) is 7.09. The molecule has 17 heavy (non-hydrogen) atoms. The molecule has 0 aliphatic heterocycles. The highest BCUT2D eigenvalue weighted by molar-refractivity contribution is 7.80. The first-order valence-corrected chi connectivity index (χ1v) is 6.56. The first-order valence-electron chi connectivity index (χ1n) is 6.15. The fourth-order valence-electron chi connectivity index (χ4n) is 1.77. The third-order valence-electron chi connectivity index (χ3n) is 2.99. The van der Waals surface area contributed by atoms with E-state index in [1.807, 2.05) is 13.8 Å². The Balaban J connectivity index is 4.75. The molecule has 0 amide bonds. The molecule has 0 aromatic carbocycles. The zero-order valence-corrected chi connectivity index (χ0v) is 11.3. The van der Waals surface area contributed by atoms with Gasteiger partial charge in [-0.25, -0.2) is 0 Å². The van der Waals surface area contributed by atoms with Crippen LogP contribution in [-0.2, 0) is 0 Å². The van der Waals surface area contributed by atoms with Gasteiger partial charge in [-0.3, -0.25) is 0 Å². The molecule has 0 bridgehead atoms. The molecule has 0 heterocycles. The quantitative estimate of drug-likeness (QED) is 0.490. The lowest BCUT2D eigenvalue weighted by Crippen LogP contribution is -2.52. The summed E-state index contributed by atoms with van der Waals surface area (Å²) in [6, 6.07) is 0. The Bertz CT molecular complexity index is 247. The Labute approximate surface area is 107 Å². The van der Waals surface area contributed by atoms with Crippen LogP contribution in [0.3, 0.4) is 0 Å². The normalized spacial score (nSPS) is 15.6. The van der Waals surface area contributed by atoms with E-state index >= 15 is 0 Å². The molecule has 2 N–H and O–H groups in total. The maximum Gasteiger partial charge on any atom is 0.342 e. The van der Waals surface area contributed by atoms with Gasteiger partial charge in [0.2, 0.25) is 5.05 Å². The summed E-state index contributed by atoms with van der Waals surface area (Å²) in [6.45, 7) is 3.82. The van der Waals surface area contributed by atoms with Crippen molar-refractivity contribution in [3.8, 4) is 0 Å². The van der Waals surface area contributed by atoms with Gasteiger partial charge >= 0.3 is 5.92 Å². The molecule has 0 saturated heterocycles. The zero-order chi connectivity index (χ0) is 13.5. The molecule has 1 unspecified atom stereocenters. The Hall–Kier alpha value is -0.290. The van der Waals surface area contributed by atoms with E-state index in [1.54, 1.807) is 0 Å². The predicted octanol–water partition coefficient (Wildman–Crippen LogP) is 4.01. The molecule has 0 rings (SSSR count). The van der Waals surface area contributed by atoms with E-state index in [1.165, 1.54) is 0 Å². The van der Waals surface area contributed by atoms with E-state index in [2.05, 4.69) is 12.2 Å². The minimum absolute atomic E-state index is 0.0332. The molecule has 0 radical (unpaired) electrons. The van der Waals surface area contributed by atoms with Crippen molar-refractivity contribution in [2.24, 2.45) is 0 Å². The Morgan fingerprint density at radius 2 is 1.53 bits per heavy atom. The smallest absolute Gasteiger partial charge is 0.342 e. The van der Waals surface area contributed by atoms with Gasteiger partial charge in [-0.1, -0.05) is 46.0 Å². The standard InChI is InChI=1S/C12H22F2O2S/c1-3-5-7-9-11(16,8-6-4-2)12(13,14)10(15)17/h16H,3-9H2,1-2H3,(H,15,17). The summed E-state index contributed by atoms with van der Waals surface area (Å²) < 4.78 is 27.4. The van der Waals surface area contributed by atoms with Crippen LogP contribution >= 0.6 is 12.2 Å². The highest BCUT2D eigenvalue weighted by Gasteiger charge is 2.55. The van der Waals surface area contributed by atoms with E-state index in [-0.39, 0.29) is 12.8 Å². The molecule has 0 spiro atoms. The number of halogens is 2. The second-order valence-electron chi connectivity index (χ2n) is 4.47. The van der Waals surface area contributed by atoms with Gasteiger partial charge in [0.05, 0.1) is 0 Å². The van der Waals surface area contributed by atoms with E-state index in [9.17, 15) is 13.9 Å². The summed E-state index contributed by atoms with van der Waals surface area (Å²) >= 11 is 4.15. The average molecular weight is 268 g/mol. The number of hydrogen-bond acceptors (Lipinski definition) is 2. The molecule has 2 nitrogen and oxygen atoms in total. The third kappa shape index (κ3) is 4.47. The maximum atomic E-state index is 13.7. The van der Waals surface area contributed by atoms with Crippen LogP contribution < -0.4 is 0 Å². The van der Waals surface area contributed by atoms with Crippen LogP contribution in [0.25, 0.3) is 0 Å². The highest BCUT2D eigenvalue weighted by atomic mass is 32.1. The van der Waals surface area contributed by atoms with Crippen LogP contribution in [0.2, 0.25) is 0 Å². The average Bonchev–Trinajstić information content (AvgIpc) is 2.26. The number of rotatable bonds is 9. The molecule has 5 heteroatoms. The van der Waals surface area contributed by atoms with Gasteiger partial charge in [-0.2, -0.15) is 8.78 Å². The number of thiocarbonyl (C=S) groups is 1. The molecule has 0 saturated carbocycles. The number of alkyl halides is 2. The molecule has 0 aliphatic carbocycles. The number of hydrogen-bond donors (Lipinski definition) is 2. The first-order chi connectivity index (χ1) is 7.81. The predicted molar refractivity (Wildman–Crippen MR) is 68.8 cm³/mol. The van der Waals surface area contributed by atoms with Crippen molar-refractivity contribution in [3.05, 3.63) is 0 Å². The van der Waals surface area contributed by atoms with Crippen molar-refractivity contribution >= 4 is 17.3 Å². The molecular weight excluding hydrogens is 246 g/mol. The first kappa shape index (κ1) is 16.7. The molecule has 0 aromatic heterocycles. The summed E-state index contributed by atoms with van der Waals surface area (Å²) in [5, 5.41) is 17.6. The lowest BCUT2D eigenvalue weighted by Gasteiger charge is -2.34. The zero-order valence-electron chi connectivity index (χ0n) is 10.5. The van der Waals surface area contributed by atoms with Crippen molar-refractivity contribution in [3.63, 3.8) is 0 Å². The molecule has 0 aromatic rings. The summed E-state index contributed by atoms with van der Waals surface area (Å²) in [4.78, 5) is 0. The lowest BCUT2D eigenvalue weighted by atomic mass is 9.85. The van der Waals surface area contributed by atoms with Crippen LogP contribution in [0.4, 0.5) is 8.78 Å². The minimum atomic E-state index is -3.70. The molecule has 0 aliphatic rings. The van der Waals surface area contributed by atoms with Crippen molar-refractivity contribution in [1.82, 2.24) is 0 Å². The summed E-state index contributed by atoms with van der Waals surface area (Å²) in [5.74, 6) is -3.70. The second-order valence-corrected chi connectivity index (χ2v) is 4.86. The van der Waals surface area contributed by atoms with Gasteiger partial charge < -0.3 is 10.2 Å². The lowest BCUT2D eigenvalue weighted by molar-refractivity contribution is -0.151. The molecule has 102 valence electrons. The Morgan fingerprint density at radius 1 is 1.06 bits per heavy atom. The molecular formula is C12H22F2O2S. The van der Waals surface area contributed by atoms with Crippen molar-refractivity contribution in [1.29, 1.82) is 0 Å². The largest absolute Gasteiger partial charge is 0.498 e. The fraction of sp³-hybridized carbons (Fsp3) is 0.917. The van der Waals surface area contributed by atoms with Gasteiger partial charge in [0.15, 0.2) is 0 Å². The molecule has 1 atom stereocenters. The highest BCUT2D eigenvalue weighted by Crippen LogP contribution is 2.38. The van der Waals surface area contributed by atoms with Gasteiger partial charge in [-0.05, 0) is 25.1 Å². The van der Waals surface area contributed by atoms with E-state index in [0.717, 1.165) is 12.8 Å². The SMILES string of the molecule is CCCCCC(O)(CCCC)C(F)(F)C(O)=S. The minimum Gasteiger partial charge on any atom is -0.498 e. The van der Waals surface area contributed by atoms with Crippen LogP contribution in [0.5, 0.6) is 0 Å². The Morgan fingerprint density at radius 3 is 1.94 bits per heavy atom. The van der Waals surface area contributed by atoms with Crippen LogP contribution in [0.15, 0.2) is 0 Å². The summed E-state index contributed by atoms with van der Waals surface area (Å²) in [7, 11) is 0. The number of aliphatic hydroxyl groups is 2. The van der Waals surface area contributed by atoms with Crippen LogP contribution in [0.1, 0.15) is 58.8 Å². The third-order valence-corrected chi connectivity index (χ3v) is 3.25. The topological polar surface area (TPSA) is 40.5 Å². The van der Waals surface area contributed by atoms with Crippen molar-refractivity contribution < 1.29 is 19.0 Å². The van der Waals surface area contributed by atoms with Gasteiger partial charge in [0.1, 0.15) is 5.60 Å².